The molecule has 1 aromatic carbocycles. The first-order valence-corrected chi connectivity index (χ1v) is 9.14. The second-order valence-corrected chi connectivity index (χ2v) is 6.78. The van der Waals surface area contributed by atoms with Gasteiger partial charge in [0.05, 0.1) is 6.54 Å². The quantitative estimate of drug-likeness (QED) is 0.615. The Morgan fingerprint density at radius 1 is 1.33 bits per heavy atom. The molecule has 0 bridgehead atoms. The predicted octanol–water partition coefficient (Wildman–Crippen LogP) is 3.49. The summed E-state index contributed by atoms with van der Waals surface area (Å²) in [4.78, 5) is 9.90. The number of benzene rings is 1. The second kappa shape index (κ2) is 8.03. The zero-order valence-electron chi connectivity index (χ0n) is 14.8. The molecule has 146 valence electrons. The Kier molecular flexibility index (Phi) is 5.73. The maximum absolute atomic E-state index is 12.7. The third kappa shape index (κ3) is 4.82. The fraction of sp³-hybridized carbons (Fsp3) is 0.412. The van der Waals surface area contributed by atoms with Crippen LogP contribution in [0.4, 0.5) is 13.2 Å². The van der Waals surface area contributed by atoms with Gasteiger partial charge in [0.2, 0.25) is 6.79 Å². The third-order valence-corrected chi connectivity index (χ3v) is 4.59. The molecule has 2 heterocycles. The molecule has 1 N–H and O–H groups in total. The Bertz CT molecular complexity index is 823. The van der Waals surface area contributed by atoms with Gasteiger partial charge in [0, 0.05) is 25.5 Å². The molecule has 0 fully saturated rings. The van der Waals surface area contributed by atoms with Crippen molar-refractivity contribution in [2.24, 2.45) is 4.99 Å². The van der Waals surface area contributed by atoms with E-state index in [-0.39, 0.29) is 13.3 Å². The van der Waals surface area contributed by atoms with Gasteiger partial charge in [0.25, 0.3) is 0 Å². The smallest absolute Gasteiger partial charge is 0.434 e. The van der Waals surface area contributed by atoms with Crippen molar-refractivity contribution in [2.45, 2.75) is 26.2 Å². The summed E-state index contributed by atoms with van der Waals surface area (Å²) in [5.41, 5.74) is 0.123. The van der Waals surface area contributed by atoms with Gasteiger partial charge in [-0.1, -0.05) is 6.07 Å². The molecule has 0 radical (unpaired) electrons. The van der Waals surface area contributed by atoms with Gasteiger partial charge in [-0.3, -0.25) is 0 Å². The maximum Gasteiger partial charge on any atom is 0.434 e. The van der Waals surface area contributed by atoms with Crippen LogP contribution in [0.5, 0.6) is 11.5 Å². The molecule has 0 unspecified atom stereocenters. The number of ether oxygens (including phenoxy) is 2. The van der Waals surface area contributed by atoms with Gasteiger partial charge in [-0.25, -0.2) is 9.98 Å². The van der Waals surface area contributed by atoms with Gasteiger partial charge in [0.15, 0.2) is 23.2 Å². The predicted molar refractivity (Wildman–Crippen MR) is 96.0 cm³/mol. The average Bonchev–Trinajstić information content (AvgIpc) is 3.26. The van der Waals surface area contributed by atoms with Crippen molar-refractivity contribution >= 4 is 17.3 Å². The maximum atomic E-state index is 12.7. The minimum Gasteiger partial charge on any atom is -0.454 e. The number of thiazole rings is 1. The van der Waals surface area contributed by atoms with Gasteiger partial charge in [-0.15, -0.1) is 11.3 Å². The van der Waals surface area contributed by atoms with Crippen LogP contribution in [0, 0.1) is 0 Å². The molecular weight excluding hydrogens is 381 g/mol. The summed E-state index contributed by atoms with van der Waals surface area (Å²) < 4.78 is 48.6. The Hall–Kier alpha value is -2.49. The van der Waals surface area contributed by atoms with Crippen molar-refractivity contribution in [3.05, 3.63) is 39.8 Å². The third-order valence-electron chi connectivity index (χ3n) is 3.76. The van der Waals surface area contributed by atoms with Crippen LogP contribution >= 0.6 is 11.3 Å². The molecule has 6 nitrogen and oxygen atoms in total. The summed E-state index contributed by atoms with van der Waals surface area (Å²) >= 11 is 0.951. The highest BCUT2D eigenvalue weighted by Crippen LogP contribution is 2.33. The highest BCUT2D eigenvalue weighted by Gasteiger charge is 2.33. The summed E-state index contributed by atoms with van der Waals surface area (Å²) in [5, 5.41) is 4.46. The largest absolute Gasteiger partial charge is 0.454 e. The zero-order chi connectivity index (χ0) is 19.4. The van der Waals surface area contributed by atoms with Crippen LogP contribution in [-0.2, 0) is 19.3 Å². The van der Waals surface area contributed by atoms with Crippen LogP contribution in [0.2, 0.25) is 0 Å². The summed E-state index contributed by atoms with van der Waals surface area (Å²) in [6.07, 6.45) is -4.43. The van der Waals surface area contributed by atoms with E-state index in [1.165, 1.54) is 0 Å². The van der Waals surface area contributed by atoms with Crippen LogP contribution in [0.25, 0.3) is 0 Å². The Labute approximate surface area is 158 Å². The number of aromatic nitrogens is 1. The average molecular weight is 400 g/mol. The first kappa shape index (κ1) is 19.3. The minimum absolute atomic E-state index is 0.0779. The highest BCUT2D eigenvalue weighted by atomic mass is 32.1. The topological polar surface area (TPSA) is 59.0 Å². The minimum atomic E-state index is -4.43. The van der Waals surface area contributed by atoms with Crippen LogP contribution in [0.1, 0.15) is 23.2 Å². The van der Waals surface area contributed by atoms with E-state index in [0.29, 0.717) is 35.6 Å². The van der Waals surface area contributed by atoms with Crippen molar-refractivity contribution in [1.29, 1.82) is 0 Å². The fourth-order valence-electron chi connectivity index (χ4n) is 2.51. The van der Waals surface area contributed by atoms with Gasteiger partial charge in [0.1, 0.15) is 5.01 Å². The molecule has 3 rings (SSSR count). The fourth-order valence-corrected chi connectivity index (χ4v) is 3.24. The van der Waals surface area contributed by atoms with Crippen molar-refractivity contribution in [2.75, 3.05) is 20.4 Å². The number of halogens is 3. The number of nitrogens with zero attached hydrogens (tertiary/aromatic N) is 3. The van der Waals surface area contributed by atoms with Crippen molar-refractivity contribution in [3.8, 4) is 11.5 Å². The number of nitrogens with one attached hydrogen (secondary N) is 1. The van der Waals surface area contributed by atoms with E-state index in [1.54, 1.807) is 0 Å². The molecule has 1 aliphatic heterocycles. The number of hydrogen-bond acceptors (Lipinski definition) is 5. The molecule has 0 spiro atoms. The van der Waals surface area contributed by atoms with Crippen molar-refractivity contribution in [1.82, 2.24) is 15.2 Å². The van der Waals surface area contributed by atoms with Gasteiger partial charge < -0.3 is 19.7 Å². The molecule has 0 saturated carbocycles. The number of hydrogen-bond donors (Lipinski definition) is 1. The molecule has 27 heavy (non-hydrogen) atoms. The standard InChI is InChI=1S/C17H19F3N4O2S/c1-3-21-16(22-7-15-23-14(9-27-15)17(18,19)20)24(2)8-11-4-5-12-13(6-11)26-10-25-12/h4-6,9H,3,7-8,10H2,1-2H3,(H,21,22). The van der Waals surface area contributed by atoms with Crippen LogP contribution in [0.3, 0.4) is 0 Å². The molecule has 0 amide bonds. The summed E-state index contributed by atoms with van der Waals surface area (Å²) in [7, 11) is 1.86. The van der Waals surface area contributed by atoms with Gasteiger partial charge in [-0.2, -0.15) is 13.2 Å². The van der Waals surface area contributed by atoms with Crippen LogP contribution in [-0.4, -0.2) is 36.2 Å². The molecular formula is C17H19F3N4O2S. The lowest BCUT2D eigenvalue weighted by molar-refractivity contribution is -0.140. The molecule has 0 saturated heterocycles. The lowest BCUT2D eigenvalue weighted by Crippen LogP contribution is -2.38. The lowest BCUT2D eigenvalue weighted by Gasteiger charge is -2.22. The molecule has 0 aliphatic carbocycles. The molecule has 1 aromatic heterocycles. The summed E-state index contributed by atoms with van der Waals surface area (Å²) in [5.74, 6) is 2.00. The second-order valence-electron chi connectivity index (χ2n) is 5.84. The van der Waals surface area contributed by atoms with Gasteiger partial charge >= 0.3 is 6.18 Å². The van der Waals surface area contributed by atoms with E-state index in [4.69, 9.17) is 9.47 Å². The monoisotopic (exact) mass is 400 g/mol. The van der Waals surface area contributed by atoms with E-state index >= 15 is 0 Å². The molecule has 0 atom stereocenters. The Balaban J connectivity index is 1.68. The summed E-state index contributed by atoms with van der Waals surface area (Å²) in [6.45, 7) is 3.40. The first-order chi connectivity index (χ1) is 12.9. The van der Waals surface area contributed by atoms with Crippen molar-refractivity contribution in [3.63, 3.8) is 0 Å². The Morgan fingerprint density at radius 2 is 2.11 bits per heavy atom. The first-order valence-electron chi connectivity index (χ1n) is 8.26. The van der Waals surface area contributed by atoms with Crippen LogP contribution in [0.15, 0.2) is 28.6 Å². The van der Waals surface area contributed by atoms with E-state index in [1.807, 2.05) is 37.1 Å². The molecule has 1 aliphatic rings. The lowest BCUT2D eigenvalue weighted by atomic mass is 10.2. The number of guanidine groups is 1. The normalized spacial score (nSPS) is 13.7. The SMILES string of the molecule is CCNC(=NCc1nc(C(F)(F)F)cs1)N(C)Cc1ccc2c(c1)OCO2. The molecule has 10 heteroatoms. The Morgan fingerprint density at radius 3 is 2.81 bits per heavy atom. The van der Waals surface area contributed by atoms with Crippen LogP contribution < -0.4 is 14.8 Å². The number of rotatable bonds is 5. The number of alkyl halides is 3. The number of aliphatic imine (C=N–C) groups is 1. The molecule has 2 aromatic rings. The van der Waals surface area contributed by atoms with E-state index in [0.717, 1.165) is 22.3 Å². The highest BCUT2D eigenvalue weighted by molar-refractivity contribution is 7.09. The van der Waals surface area contributed by atoms with Gasteiger partial charge in [-0.05, 0) is 24.6 Å². The van der Waals surface area contributed by atoms with E-state index < -0.39 is 11.9 Å². The number of fused-ring (bicyclic) bond motifs is 1. The van der Waals surface area contributed by atoms with Crippen molar-refractivity contribution < 1.29 is 22.6 Å². The van der Waals surface area contributed by atoms with E-state index in [9.17, 15) is 13.2 Å². The van der Waals surface area contributed by atoms with E-state index in [2.05, 4.69) is 15.3 Å². The summed E-state index contributed by atoms with van der Waals surface area (Å²) in [6, 6.07) is 5.69. The zero-order valence-corrected chi connectivity index (χ0v) is 15.7.